The lowest BCUT2D eigenvalue weighted by atomic mass is 9.96. The number of fused-ring (bicyclic) bond motifs is 1. The number of anilines is 1. The van der Waals surface area contributed by atoms with Gasteiger partial charge in [0.05, 0.1) is 13.1 Å². The van der Waals surface area contributed by atoms with Gasteiger partial charge < -0.3 is 19.4 Å². The maximum Gasteiger partial charge on any atom is 0.276 e. The van der Waals surface area contributed by atoms with Crippen molar-refractivity contribution in [2.75, 3.05) is 31.6 Å². The molecule has 1 saturated heterocycles. The van der Waals surface area contributed by atoms with E-state index in [1.807, 2.05) is 4.90 Å². The summed E-state index contributed by atoms with van der Waals surface area (Å²) in [6.07, 6.45) is 7.72. The van der Waals surface area contributed by atoms with Crippen LogP contribution < -0.4 is 4.90 Å². The number of amides is 1. The highest BCUT2D eigenvalue weighted by Gasteiger charge is 2.39. The second kappa shape index (κ2) is 6.68. The normalized spacial score (nSPS) is 22.3. The van der Waals surface area contributed by atoms with E-state index in [1.54, 1.807) is 30.4 Å². The first-order valence-corrected chi connectivity index (χ1v) is 9.03. The molecule has 1 aliphatic heterocycles. The Kier molecular flexibility index (Phi) is 4.36. The first kappa shape index (κ1) is 17.0. The predicted octanol–water partition coefficient (Wildman–Crippen LogP) is 1.06. The monoisotopic (exact) mass is 357 g/mol. The van der Waals surface area contributed by atoms with E-state index in [0.717, 1.165) is 37.0 Å². The third-order valence-corrected chi connectivity index (χ3v) is 5.20. The van der Waals surface area contributed by atoms with Gasteiger partial charge in [0.2, 0.25) is 5.95 Å². The quantitative estimate of drug-likeness (QED) is 0.874. The molecule has 0 radical (unpaired) electrons. The highest BCUT2D eigenvalue weighted by molar-refractivity contribution is 5.93. The number of nitrogens with zero attached hydrogens (tertiary/aromatic N) is 5. The van der Waals surface area contributed by atoms with E-state index in [9.17, 15) is 9.90 Å². The van der Waals surface area contributed by atoms with Gasteiger partial charge >= 0.3 is 0 Å². The fraction of sp³-hybridized carbons (Fsp3) is 0.556. The second-order valence-electron chi connectivity index (χ2n) is 7.25. The van der Waals surface area contributed by atoms with Crippen LogP contribution in [0.1, 0.15) is 41.1 Å². The molecule has 1 amide bonds. The first-order valence-electron chi connectivity index (χ1n) is 9.03. The van der Waals surface area contributed by atoms with Crippen LogP contribution in [0.15, 0.2) is 23.0 Å². The number of likely N-dealkylation sites (N-methyl/N-ethyl adjacent to an activating group) is 1. The fourth-order valence-electron chi connectivity index (χ4n) is 3.86. The zero-order chi connectivity index (χ0) is 18.1. The van der Waals surface area contributed by atoms with Crippen molar-refractivity contribution in [2.24, 2.45) is 0 Å². The van der Waals surface area contributed by atoms with E-state index in [2.05, 4.69) is 15.1 Å². The summed E-state index contributed by atoms with van der Waals surface area (Å²) in [4.78, 5) is 24.8. The molecule has 0 aromatic carbocycles. The van der Waals surface area contributed by atoms with Crippen LogP contribution in [0.25, 0.3) is 0 Å². The molecule has 3 heterocycles. The summed E-state index contributed by atoms with van der Waals surface area (Å²) in [5.74, 6) is 1.24. The Balaban J connectivity index is 1.44. The molecule has 4 rings (SSSR count). The predicted molar refractivity (Wildman–Crippen MR) is 93.9 cm³/mol. The smallest absolute Gasteiger partial charge is 0.276 e. The highest BCUT2D eigenvalue weighted by Crippen LogP contribution is 2.27. The minimum absolute atomic E-state index is 0.195. The largest absolute Gasteiger partial charge is 0.386 e. The van der Waals surface area contributed by atoms with Crippen LogP contribution in [0.3, 0.4) is 0 Å². The van der Waals surface area contributed by atoms with Crippen LogP contribution in [0.2, 0.25) is 0 Å². The average Bonchev–Trinajstić information content (AvgIpc) is 3.26. The van der Waals surface area contributed by atoms with Gasteiger partial charge in [0.15, 0.2) is 5.69 Å². The minimum Gasteiger partial charge on any atom is -0.386 e. The van der Waals surface area contributed by atoms with Crippen LogP contribution >= 0.6 is 0 Å². The van der Waals surface area contributed by atoms with E-state index in [0.29, 0.717) is 31.2 Å². The standard InChI is InChI=1S/C18H23N5O3/c1-22(16(24)15-13-5-2-3-6-14(13)26-21-15)11-18(25)7-10-23(12-18)17-19-8-4-9-20-17/h4,8-9,25H,2-3,5-7,10-12H2,1H3/t18-/m0/s1. The van der Waals surface area contributed by atoms with Gasteiger partial charge in [-0.1, -0.05) is 5.16 Å². The molecule has 2 aliphatic rings. The number of aliphatic hydroxyl groups is 1. The Morgan fingerprint density at radius 1 is 1.35 bits per heavy atom. The molecule has 138 valence electrons. The summed E-state index contributed by atoms with van der Waals surface area (Å²) in [5.41, 5.74) is 0.339. The molecule has 2 aromatic rings. The van der Waals surface area contributed by atoms with Crippen molar-refractivity contribution >= 4 is 11.9 Å². The van der Waals surface area contributed by atoms with Gasteiger partial charge in [0.1, 0.15) is 11.4 Å². The van der Waals surface area contributed by atoms with Gasteiger partial charge in [0.25, 0.3) is 5.91 Å². The Morgan fingerprint density at radius 3 is 2.92 bits per heavy atom. The van der Waals surface area contributed by atoms with Crippen molar-refractivity contribution in [1.82, 2.24) is 20.0 Å². The van der Waals surface area contributed by atoms with Gasteiger partial charge in [-0.3, -0.25) is 4.79 Å². The molecule has 8 nitrogen and oxygen atoms in total. The Morgan fingerprint density at radius 2 is 2.12 bits per heavy atom. The van der Waals surface area contributed by atoms with Gasteiger partial charge in [-0.25, -0.2) is 9.97 Å². The molecule has 0 saturated carbocycles. The molecule has 1 atom stereocenters. The van der Waals surface area contributed by atoms with Gasteiger partial charge in [-0.05, 0) is 31.7 Å². The Bertz CT molecular complexity index is 793. The molecule has 1 fully saturated rings. The summed E-state index contributed by atoms with van der Waals surface area (Å²) in [6, 6.07) is 1.76. The van der Waals surface area contributed by atoms with Crippen LogP contribution in [-0.2, 0) is 12.8 Å². The number of hydrogen-bond acceptors (Lipinski definition) is 7. The molecule has 1 aliphatic carbocycles. The first-order chi connectivity index (χ1) is 12.6. The third kappa shape index (κ3) is 3.16. The summed E-state index contributed by atoms with van der Waals surface area (Å²) in [5, 5.41) is 14.9. The second-order valence-corrected chi connectivity index (χ2v) is 7.25. The number of β-amino-alcohol motifs (C(OH)–C–C–N with tert-alkyl or cyclic N) is 1. The van der Waals surface area contributed by atoms with Crippen LogP contribution in [0.4, 0.5) is 5.95 Å². The van der Waals surface area contributed by atoms with Crippen molar-refractivity contribution in [3.8, 4) is 0 Å². The number of aromatic nitrogens is 3. The summed E-state index contributed by atoms with van der Waals surface area (Å²) in [7, 11) is 1.70. The van der Waals surface area contributed by atoms with Crippen LogP contribution in [-0.4, -0.2) is 63.3 Å². The van der Waals surface area contributed by atoms with E-state index in [1.165, 1.54) is 0 Å². The van der Waals surface area contributed by atoms with Gasteiger partial charge in [0, 0.05) is 38.0 Å². The number of aryl methyl sites for hydroxylation is 1. The molecule has 0 unspecified atom stereocenters. The van der Waals surface area contributed by atoms with Crippen molar-refractivity contribution in [3.05, 3.63) is 35.5 Å². The Hall–Kier alpha value is -2.48. The van der Waals surface area contributed by atoms with Crippen molar-refractivity contribution in [2.45, 2.75) is 37.7 Å². The molecule has 2 aromatic heterocycles. The lowest BCUT2D eigenvalue weighted by Crippen LogP contribution is -2.46. The van der Waals surface area contributed by atoms with E-state index >= 15 is 0 Å². The van der Waals surface area contributed by atoms with E-state index < -0.39 is 5.60 Å². The lowest BCUT2D eigenvalue weighted by molar-refractivity contribution is 0.0259. The summed E-state index contributed by atoms with van der Waals surface area (Å²) in [6.45, 7) is 1.28. The molecule has 8 heteroatoms. The minimum atomic E-state index is -0.993. The summed E-state index contributed by atoms with van der Waals surface area (Å²) < 4.78 is 5.34. The average molecular weight is 357 g/mol. The maximum atomic E-state index is 12.8. The molecule has 0 spiro atoms. The zero-order valence-corrected chi connectivity index (χ0v) is 14.9. The van der Waals surface area contributed by atoms with E-state index in [4.69, 9.17) is 4.52 Å². The zero-order valence-electron chi connectivity index (χ0n) is 14.9. The SMILES string of the molecule is CN(C[C@@]1(O)CCN(c2ncccn2)C1)C(=O)c1noc2c1CCCC2. The third-order valence-electron chi connectivity index (χ3n) is 5.20. The lowest BCUT2D eigenvalue weighted by Gasteiger charge is -2.28. The molecule has 1 N–H and O–H groups in total. The van der Waals surface area contributed by atoms with Crippen molar-refractivity contribution < 1.29 is 14.4 Å². The topological polar surface area (TPSA) is 95.6 Å². The number of carbonyl (C=O) groups is 1. The molecular formula is C18H23N5O3. The number of hydrogen-bond donors (Lipinski definition) is 1. The van der Waals surface area contributed by atoms with Gasteiger partial charge in [-0.2, -0.15) is 0 Å². The fourth-order valence-corrected chi connectivity index (χ4v) is 3.86. The number of rotatable bonds is 4. The number of carbonyl (C=O) groups excluding carboxylic acids is 1. The maximum absolute atomic E-state index is 12.8. The van der Waals surface area contributed by atoms with Crippen molar-refractivity contribution in [3.63, 3.8) is 0 Å². The summed E-state index contributed by atoms with van der Waals surface area (Å²) >= 11 is 0. The van der Waals surface area contributed by atoms with Crippen molar-refractivity contribution in [1.29, 1.82) is 0 Å². The van der Waals surface area contributed by atoms with Crippen LogP contribution in [0.5, 0.6) is 0 Å². The molecular weight excluding hydrogens is 334 g/mol. The van der Waals surface area contributed by atoms with E-state index in [-0.39, 0.29) is 12.5 Å². The molecule has 26 heavy (non-hydrogen) atoms. The molecule has 0 bridgehead atoms. The van der Waals surface area contributed by atoms with Gasteiger partial charge in [-0.15, -0.1) is 0 Å². The highest BCUT2D eigenvalue weighted by atomic mass is 16.5. The van der Waals surface area contributed by atoms with Crippen LogP contribution in [0, 0.1) is 0 Å². The Labute approximate surface area is 151 Å².